The van der Waals surface area contributed by atoms with E-state index >= 15 is 0 Å². The molecule has 38 heavy (non-hydrogen) atoms. The van der Waals surface area contributed by atoms with Gasteiger partial charge in [0.1, 0.15) is 10.8 Å². The summed E-state index contributed by atoms with van der Waals surface area (Å²) in [6.45, 7) is 3.77. The number of ether oxygens (including phenoxy) is 2. The minimum absolute atomic E-state index is 0.123. The maximum absolute atomic E-state index is 12.9. The fourth-order valence-electron chi connectivity index (χ4n) is 4.35. The number of carbonyl (C=O) groups is 1. The summed E-state index contributed by atoms with van der Waals surface area (Å²) in [6.07, 6.45) is 2.96. The van der Waals surface area contributed by atoms with Crippen molar-refractivity contribution in [3.8, 4) is 28.8 Å². The van der Waals surface area contributed by atoms with E-state index in [1.807, 2.05) is 55.5 Å². The summed E-state index contributed by atoms with van der Waals surface area (Å²) in [5.41, 5.74) is 5.74. The van der Waals surface area contributed by atoms with Gasteiger partial charge in [0, 0.05) is 35.0 Å². The van der Waals surface area contributed by atoms with Gasteiger partial charge in [0.15, 0.2) is 11.6 Å². The second kappa shape index (κ2) is 11.2. The number of hydrogen-bond donors (Lipinski definition) is 2. The van der Waals surface area contributed by atoms with E-state index in [0.29, 0.717) is 34.5 Å². The summed E-state index contributed by atoms with van der Waals surface area (Å²) >= 11 is 1.34. The van der Waals surface area contributed by atoms with Crippen LogP contribution in [0.1, 0.15) is 34.9 Å². The molecule has 2 aromatic heterocycles. The maximum Gasteiger partial charge on any atom is 0.234 e. The molecule has 9 heteroatoms. The zero-order valence-electron chi connectivity index (χ0n) is 21.4. The summed E-state index contributed by atoms with van der Waals surface area (Å²) in [5.74, 6) is 2.29. The third-order valence-corrected chi connectivity index (χ3v) is 7.44. The third kappa shape index (κ3) is 5.20. The molecule has 194 valence electrons. The molecule has 0 bridgehead atoms. The van der Waals surface area contributed by atoms with Gasteiger partial charge >= 0.3 is 0 Å². The number of thioether (sulfide) groups is 1. The topological polar surface area (TPSA) is 106 Å². The minimum atomic E-state index is -0.152. The molecule has 1 aliphatic heterocycles. The lowest BCUT2D eigenvalue weighted by atomic mass is 9.99. The van der Waals surface area contributed by atoms with Crippen LogP contribution in [0.2, 0.25) is 0 Å². The fraction of sp³-hybridized carbons (Fsp3) is 0.241. The number of rotatable bonds is 8. The minimum Gasteiger partial charge on any atom is -0.497 e. The second-order valence-electron chi connectivity index (χ2n) is 8.83. The number of aliphatic hydroxyl groups excluding tert-OH is 1. The lowest BCUT2D eigenvalue weighted by Gasteiger charge is -2.24. The highest BCUT2D eigenvalue weighted by Crippen LogP contribution is 2.42. The number of para-hydroxylation sites is 1. The van der Waals surface area contributed by atoms with Gasteiger partial charge in [-0.1, -0.05) is 36.9 Å². The summed E-state index contributed by atoms with van der Waals surface area (Å²) in [6, 6.07) is 15.3. The van der Waals surface area contributed by atoms with Crippen molar-refractivity contribution < 1.29 is 19.4 Å². The van der Waals surface area contributed by atoms with Crippen LogP contribution in [0, 0.1) is 6.92 Å². The number of aromatic nitrogens is 3. The van der Waals surface area contributed by atoms with Gasteiger partial charge in [-0.2, -0.15) is 4.98 Å². The molecular formula is C29H28N4O4S. The number of aryl methyl sites for hydroxylation is 2. The zero-order chi connectivity index (χ0) is 26.6. The molecule has 0 spiro atoms. The number of methoxy groups -OCH3 is 1. The van der Waals surface area contributed by atoms with Crippen molar-refractivity contribution in [3.63, 3.8) is 0 Å². The number of fused-ring (bicyclic) bond motifs is 2. The number of aliphatic hydroxyl groups is 1. The second-order valence-corrected chi connectivity index (χ2v) is 9.79. The Bertz CT molecular complexity index is 1490. The van der Waals surface area contributed by atoms with Crippen molar-refractivity contribution in [2.45, 2.75) is 38.3 Å². The molecule has 1 amide bonds. The van der Waals surface area contributed by atoms with Crippen LogP contribution in [0.3, 0.4) is 0 Å². The van der Waals surface area contributed by atoms with E-state index in [1.54, 1.807) is 13.3 Å². The number of nitrogens with zero attached hydrogens (tertiary/aromatic N) is 3. The van der Waals surface area contributed by atoms with Crippen LogP contribution >= 0.6 is 11.8 Å². The number of nitrogens with one attached hydrogen (secondary N) is 1. The first-order chi connectivity index (χ1) is 18.5. The van der Waals surface area contributed by atoms with E-state index in [4.69, 9.17) is 19.4 Å². The van der Waals surface area contributed by atoms with Crippen molar-refractivity contribution in [1.82, 2.24) is 15.0 Å². The smallest absolute Gasteiger partial charge is 0.234 e. The predicted molar refractivity (Wildman–Crippen MR) is 147 cm³/mol. The molecule has 0 atom stereocenters. The van der Waals surface area contributed by atoms with Gasteiger partial charge in [0.25, 0.3) is 0 Å². The highest BCUT2D eigenvalue weighted by molar-refractivity contribution is 8.00. The molecule has 2 N–H and O–H groups in total. The van der Waals surface area contributed by atoms with Crippen LogP contribution in [0.15, 0.2) is 59.8 Å². The van der Waals surface area contributed by atoms with E-state index in [0.717, 1.165) is 45.8 Å². The number of hydrogen-bond acceptors (Lipinski definition) is 8. The number of pyridine rings is 1. The monoisotopic (exact) mass is 528 g/mol. The molecule has 0 saturated heterocycles. The van der Waals surface area contributed by atoms with Gasteiger partial charge in [0.05, 0.1) is 30.7 Å². The Morgan fingerprint density at radius 2 is 1.89 bits per heavy atom. The fourth-order valence-corrected chi connectivity index (χ4v) is 5.18. The molecule has 0 fully saturated rings. The van der Waals surface area contributed by atoms with Gasteiger partial charge in [-0.3, -0.25) is 9.78 Å². The summed E-state index contributed by atoms with van der Waals surface area (Å²) < 4.78 is 11.6. The van der Waals surface area contributed by atoms with E-state index in [1.165, 1.54) is 11.8 Å². The molecule has 3 heterocycles. The first-order valence-corrected chi connectivity index (χ1v) is 13.3. The van der Waals surface area contributed by atoms with Crippen LogP contribution < -0.4 is 14.8 Å². The lowest BCUT2D eigenvalue weighted by Crippen LogP contribution is -2.16. The molecule has 0 unspecified atom stereocenters. The molecule has 5 rings (SSSR count). The Hall–Kier alpha value is -3.95. The number of amides is 1. The molecule has 0 aliphatic carbocycles. The Morgan fingerprint density at radius 3 is 2.63 bits per heavy atom. The van der Waals surface area contributed by atoms with Gasteiger partial charge in [-0.25, -0.2) is 4.98 Å². The number of benzene rings is 2. The molecule has 1 aliphatic rings. The van der Waals surface area contributed by atoms with Crippen molar-refractivity contribution in [3.05, 3.63) is 82.7 Å². The Kier molecular flexibility index (Phi) is 7.57. The molecule has 0 saturated carbocycles. The first-order valence-electron chi connectivity index (χ1n) is 12.3. The number of carbonyl (C=O) groups excluding carboxylic acids is 1. The summed E-state index contributed by atoms with van der Waals surface area (Å²) in [4.78, 5) is 26.9. The molecular weight excluding hydrogens is 500 g/mol. The van der Waals surface area contributed by atoms with Crippen LogP contribution in [0.25, 0.3) is 11.4 Å². The van der Waals surface area contributed by atoms with E-state index < -0.39 is 0 Å². The van der Waals surface area contributed by atoms with Crippen molar-refractivity contribution >= 4 is 23.4 Å². The largest absolute Gasteiger partial charge is 0.497 e. The van der Waals surface area contributed by atoms with Gasteiger partial charge < -0.3 is 19.9 Å². The first kappa shape index (κ1) is 25.7. The third-order valence-electron chi connectivity index (χ3n) is 6.42. The Morgan fingerprint density at radius 1 is 1.11 bits per heavy atom. The van der Waals surface area contributed by atoms with Crippen molar-refractivity contribution in [1.29, 1.82) is 0 Å². The predicted octanol–water partition coefficient (Wildman–Crippen LogP) is 5.34. The average Bonchev–Trinajstić information content (AvgIpc) is 2.95. The summed E-state index contributed by atoms with van der Waals surface area (Å²) in [7, 11) is 1.62. The van der Waals surface area contributed by atoms with E-state index in [-0.39, 0.29) is 18.3 Å². The van der Waals surface area contributed by atoms with Crippen LogP contribution in [0.5, 0.6) is 17.4 Å². The quantitative estimate of drug-likeness (QED) is 0.205. The zero-order valence-corrected chi connectivity index (χ0v) is 22.3. The Balaban J connectivity index is 1.49. The van der Waals surface area contributed by atoms with Crippen LogP contribution in [-0.2, 0) is 24.2 Å². The summed E-state index contributed by atoms with van der Waals surface area (Å²) in [5, 5.41) is 13.6. The van der Waals surface area contributed by atoms with Crippen molar-refractivity contribution in [2.75, 3.05) is 18.2 Å². The van der Waals surface area contributed by atoms with Crippen molar-refractivity contribution in [2.24, 2.45) is 0 Å². The van der Waals surface area contributed by atoms with Gasteiger partial charge in [0.2, 0.25) is 11.8 Å². The van der Waals surface area contributed by atoms with E-state index in [9.17, 15) is 9.90 Å². The molecule has 0 radical (unpaired) electrons. The van der Waals surface area contributed by atoms with Crippen LogP contribution in [-0.4, -0.2) is 38.8 Å². The maximum atomic E-state index is 12.9. The molecule has 8 nitrogen and oxygen atoms in total. The van der Waals surface area contributed by atoms with Gasteiger partial charge in [-0.05, 0) is 49.2 Å². The highest BCUT2D eigenvalue weighted by atomic mass is 32.2. The standard InChI is InChI=1S/C29H28N4O4S/c1-4-18-7-5-6-8-24(18)31-25(35)16-38-29-23-13-22-20(15-34)14-30-17(2)26(22)37-28(23)32-27(33-29)19-9-11-21(36-3)12-10-19/h5-12,14,34H,4,13,15-16H2,1-3H3,(H,31,35). The number of anilines is 1. The van der Waals surface area contributed by atoms with Crippen LogP contribution in [0.4, 0.5) is 5.69 Å². The average molecular weight is 529 g/mol. The molecule has 2 aromatic carbocycles. The highest BCUT2D eigenvalue weighted by Gasteiger charge is 2.28. The Labute approximate surface area is 225 Å². The van der Waals surface area contributed by atoms with E-state index in [2.05, 4.69) is 17.2 Å². The SMILES string of the molecule is CCc1ccccc1NC(=O)CSc1nc(-c2ccc(OC)cc2)nc2c1Cc1c(CO)cnc(C)c1O2. The molecule has 4 aromatic rings. The van der Waals surface area contributed by atoms with Gasteiger partial charge in [-0.15, -0.1) is 0 Å². The normalized spacial score (nSPS) is 11.8. The lowest BCUT2D eigenvalue weighted by molar-refractivity contribution is -0.113.